The molecule has 7 heteroatoms. The van der Waals surface area contributed by atoms with Crippen molar-refractivity contribution >= 4 is 40.7 Å². The van der Waals surface area contributed by atoms with E-state index in [9.17, 15) is 0 Å². The first kappa shape index (κ1) is 24.0. The Bertz CT molecular complexity index is 963. The van der Waals surface area contributed by atoms with Crippen molar-refractivity contribution in [2.24, 2.45) is 4.99 Å². The third-order valence-electron chi connectivity index (χ3n) is 4.53. The van der Waals surface area contributed by atoms with Gasteiger partial charge in [-0.2, -0.15) is 0 Å². The molecule has 1 heterocycles. The Hall–Kier alpha value is -2.29. The molecule has 30 heavy (non-hydrogen) atoms. The van der Waals surface area contributed by atoms with E-state index < -0.39 is 0 Å². The SMILES string of the molecule is CN=C(NCCCOc1ccc2ccccc2c1)NCc1ncc(C(C)(C)C)o1.I. The van der Waals surface area contributed by atoms with Crippen LogP contribution in [-0.4, -0.2) is 31.1 Å². The van der Waals surface area contributed by atoms with Crippen LogP contribution in [0.5, 0.6) is 5.75 Å². The molecule has 0 amide bonds. The number of benzene rings is 2. The number of aliphatic imine (C=N–C) groups is 1. The van der Waals surface area contributed by atoms with Gasteiger partial charge in [-0.3, -0.25) is 4.99 Å². The molecule has 0 bridgehead atoms. The standard InChI is InChI=1S/C23H30N4O2.HI/c1-23(2,3)20-15-26-21(29-20)16-27-22(24-4)25-12-7-13-28-19-11-10-17-8-5-6-9-18(17)14-19;/h5-6,8-11,14-15H,7,12-13,16H2,1-4H3,(H2,24,25,27);1H. The average Bonchev–Trinajstić information content (AvgIpc) is 3.19. The van der Waals surface area contributed by atoms with E-state index in [1.165, 1.54) is 10.8 Å². The maximum Gasteiger partial charge on any atom is 0.213 e. The molecule has 0 radical (unpaired) electrons. The van der Waals surface area contributed by atoms with Gasteiger partial charge in [0, 0.05) is 19.0 Å². The fraction of sp³-hybridized carbons (Fsp3) is 0.391. The van der Waals surface area contributed by atoms with Crippen LogP contribution in [0.2, 0.25) is 0 Å². The molecule has 0 fully saturated rings. The van der Waals surface area contributed by atoms with Crippen LogP contribution in [0.15, 0.2) is 58.1 Å². The van der Waals surface area contributed by atoms with E-state index in [1.54, 1.807) is 13.2 Å². The van der Waals surface area contributed by atoms with Gasteiger partial charge in [-0.15, -0.1) is 24.0 Å². The zero-order valence-electron chi connectivity index (χ0n) is 18.1. The molecule has 0 aliphatic carbocycles. The number of aromatic nitrogens is 1. The normalized spacial score (nSPS) is 11.8. The molecule has 1 aromatic heterocycles. The molecule has 0 saturated carbocycles. The van der Waals surface area contributed by atoms with Gasteiger partial charge in [-0.05, 0) is 29.3 Å². The minimum absolute atomic E-state index is 0. The smallest absolute Gasteiger partial charge is 0.213 e. The van der Waals surface area contributed by atoms with Gasteiger partial charge in [0.15, 0.2) is 5.96 Å². The van der Waals surface area contributed by atoms with Crippen molar-refractivity contribution in [3.8, 4) is 5.75 Å². The zero-order valence-corrected chi connectivity index (χ0v) is 20.4. The Morgan fingerprint density at radius 1 is 1.10 bits per heavy atom. The molecule has 2 aromatic carbocycles. The number of hydrogen-bond acceptors (Lipinski definition) is 4. The van der Waals surface area contributed by atoms with Gasteiger partial charge in [0.1, 0.15) is 11.5 Å². The molecule has 3 aromatic rings. The summed E-state index contributed by atoms with van der Waals surface area (Å²) < 4.78 is 11.7. The molecule has 2 N–H and O–H groups in total. The largest absolute Gasteiger partial charge is 0.494 e. The number of hydrogen-bond donors (Lipinski definition) is 2. The molecule has 0 atom stereocenters. The second-order valence-electron chi connectivity index (χ2n) is 7.93. The molecule has 0 aliphatic heterocycles. The summed E-state index contributed by atoms with van der Waals surface area (Å²) in [6, 6.07) is 14.4. The average molecular weight is 522 g/mol. The lowest BCUT2D eigenvalue weighted by Crippen LogP contribution is -2.37. The van der Waals surface area contributed by atoms with E-state index >= 15 is 0 Å². The highest BCUT2D eigenvalue weighted by molar-refractivity contribution is 14.0. The van der Waals surface area contributed by atoms with Crippen molar-refractivity contribution in [2.45, 2.75) is 39.2 Å². The Morgan fingerprint density at radius 2 is 1.87 bits per heavy atom. The van der Waals surface area contributed by atoms with Crippen molar-refractivity contribution in [2.75, 3.05) is 20.2 Å². The second kappa shape index (κ2) is 11.2. The van der Waals surface area contributed by atoms with Crippen LogP contribution in [0, 0.1) is 0 Å². The Labute approximate surface area is 195 Å². The first-order valence-corrected chi connectivity index (χ1v) is 9.97. The number of halogens is 1. The quantitative estimate of drug-likeness (QED) is 0.200. The number of nitrogens with one attached hydrogen (secondary N) is 2. The number of rotatable bonds is 7. The van der Waals surface area contributed by atoms with Crippen molar-refractivity contribution in [1.29, 1.82) is 0 Å². The zero-order chi connectivity index (χ0) is 20.7. The maximum atomic E-state index is 5.87. The lowest BCUT2D eigenvalue weighted by Gasteiger charge is -2.13. The Kier molecular flexibility index (Phi) is 8.95. The third kappa shape index (κ3) is 6.90. The molecule has 3 rings (SSSR count). The van der Waals surface area contributed by atoms with Gasteiger partial charge in [0.2, 0.25) is 5.89 Å². The molecule has 162 valence electrons. The lowest BCUT2D eigenvalue weighted by atomic mass is 9.94. The molecule has 0 unspecified atom stereocenters. The first-order chi connectivity index (χ1) is 14.0. The van der Waals surface area contributed by atoms with Gasteiger partial charge in [0.05, 0.1) is 19.3 Å². The monoisotopic (exact) mass is 522 g/mol. The van der Waals surface area contributed by atoms with Gasteiger partial charge in [-0.25, -0.2) is 4.98 Å². The van der Waals surface area contributed by atoms with E-state index in [2.05, 4.69) is 65.6 Å². The Balaban J connectivity index is 0.00000320. The summed E-state index contributed by atoms with van der Waals surface area (Å²) >= 11 is 0. The summed E-state index contributed by atoms with van der Waals surface area (Å²) in [5.41, 5.74) is -0.0454. The second-order valence-corrected chi connectivity index (χ2v) is 7.93. The number of fused-ring (bicyclic) bond motifs is 1. The van der Waals surface area contributed by atoms with Gasteiger partial charge >= 0.3 is 0 Å². The summed E-state index contributed by atoms with van der Waals surface area (Å²) in [7, 11) is 1.75. The summed E-state index contributed by atoms with van der Waals surface area (Å²) in [5.74, 6) is 3.14. The third-order valence-corrected chi connectivity index (χ3v) is 4.53. The van der Waals surface area contributed by atoms with Crippen LogP contribution in [0.3, 0.4) is 0 Å². The van der Waals surface area contributed by atoms with E-state index in [0.717, 1.165) is 24.5 Å². The summed E-state index contributed by atoms with van der Waals surface area (Å²) in [6.45, 7) is 8.19. The number of guanidine groups is 1. The predicted molar refractivity (Wildman–Crippen MR) is 133 cm³/mol. The molecule has 0 aliphatic rings. The van der Waals surface area contributed by atoms with Crippen molar-refractivity contribution in [3.05, 3.63) is 60.3 Å². The molecular formula is C23H31IN4O2. The number of nitrogens with zero attached hydrogens (tertiary/aromatic N) is 2. The van der Waals surface area contributed by atoms with Crippen molar-refractivity contribution in [3.63, 3.8) is 0 Å². The van der Waals surface area contributed by atoms with Gasteiger partial charge < -0.3 is 19.8 Å². The highest BCUT2D eigenvalue weighted by Gasteiger charge is 2.19. The molecular weight excluding hydrogens is 491 g/mol. The topological polar surface area (TPSA) is 71.7 Å². The van der Waals surface area contributed by atoms with Gasteiger partial charge in [-0.1, -0.05) is 51.1 Å². The molecule has 0 saturated heterocycles. The molecule has 6 nitrogen and oxygen atoms in total. The number of ether oxygens (including phenoxy) is 1. The van der Waals surface area contributed by atoms with E-state index in [1.807, 2.05) is 18.2 Å². The summed E-state index contributed by atoms with van der Waals surface area (Å²) in [4.78, 5) is 8.55. The van der Waals surface area contributed by atoms with Gasteiger partial charge in [0.25, 0.3) is 0 Å². The molecule has 0 spiro atoms. The number of oxazole rings is 1. The lowest BCUT2D eigenvalue weighted by molar-refractivity contribution is 0.311. The van der Waals surface area contributed by atoms with E-state index in [0.29, 0.717) is 25.0 Å². The minimum atomic E-state index is -0.0454. The van der Waals surface area contributed by atoms with Crippen LogP contribution in [0.1, 0.15) is 38.8 Å². The van der Waals surface area contributed by atoms with Crippen molar-refractivity contribution in [1.82, 2.24) is 15.6 Å². The van der Waals surface area contributed by atoms with E-state index in [-0.39, 0.29) is 29.4 Å². The predicted octanol–water partition coefficient (Wildman–Crippen LogP) is 4.88. The first-order valence-electron chi connectivity index (χ1n) is 9.97. The summed E-state index contributed by atoms with van der Waals surface area (Å²) in [6.07, 6.45) is 2.65. The highest BCUT2D eigenvalue weighted by atomic mass is 127. The fourth-order valence-corrected chi connectivity index (χ4v) is 2.84. The van der Waals surface area contributed by atoms with Crippen LogP contribution < -0.4 is 15.4 Å². The summed E-state index contributed by atoms with van der Waals surface area (Å²) in [5, 5.41) is 8.91. The minimum Gasteiger partial charge on any atom is -0.494 e. The van der Waals surface area contributed by atoms with Crippen molar-refractivity contribution < 1.29 is 9.15 Å². The van der Waals surface area contributed by atoms with Crippen LogP contribution in [0.25, 0.3) is 10.8 Å². The Morgan fingerprint density at radius 3 is 2.57 bits per heavy atom. The van der Waals surface area contributed by atoms with Crippen LogP contribution in [0.4, 0.5) is 0 Å². The maximum absolute atomic E-state index is 5.87. The van der Waals surface area contributed by atoms with Crippen LogP contribution in [-0.2, 0) is 12.0 Å². The van der Waals surface area contributed by atoms with E-state index in [4.69, 9.17) is 9.15 Å². The fourth-order valence-electron chi connectivity index (χ4n) is 2.84. The highest BCUT2D eigenvalue weighted by Crippen LogP contribution is 2.22. The van der Waals surface area contributed by atoms with Crippen LogP contribution >= 0.6 is 24.0 Å².